The SMILES string of the molecule is Cc1cc(F)cc([N+](=O)[O-])c1-c1ccc(C#N)c(C(F)(F)F)c1. The summed E-state index contributed by atoms with van der Waals surface area (Å²) in [4.78, 5) is 10.2. The number of halogens is 4. The number of hydrogen-bond acceptors (Lipinski definition) is 3. The molecule has 8 heteroatoms. The zero-order valence-corrected chi connectivity index (χ0v) is 11.6. The van der Waals surface area contributed by atoms with Gasteiger partial charge in [0.1, 0.15) is 5.82 Å². The van der Waals surface area contributed by atoms with E-state index in [1.807, 2.05) is 0 Å². The van der Waals surface area contributed by atoms with Crippen LogP contribution in [-0.4, -0.2) is 4.92 Å². The molecule has 0 saturated heterocycles. The average molecular weight is 324 g/mol. The van der Waals surface area contributed by atoms with E-state index < -0.39 is 33.7 Å². The number of benzene rings is 2. The van der Waals surface area contributed by atoms with Gasteiger partial charge >= 0.3 is 6.18 Å². The predicted octanol–water partition coefficient (Wildman–Crippen LogP) is 4.60. The Kier molecular flexibility index (Phi) is 4.06. The molecule has 2 aromatic carbocycles. The Balaban J connectivity index is 2.79. The predicted molar refractivity (Wildman–Crippen MR) is 72.9 cm³/mol. The molecular formula is C15H8F4N2O2. The maximum atomic E-state index is 13.3. The second-order valence-electron chi connectivity index (χ2n) is 4.74. The van der Waals surface area contributed by atoms with E-state index in [9.17, 15) is 27.7 Å². The highest BCUT2D eigenvalue weighted by molar-refractivity contribution is 5.78. The lowest BCUT2D eigenvalue weighted by atomic mass is 9.95. The third-order valence-electron chi connectivity index (χ3n) is 3.21. The molecule has 0 aliphatic rings. The highest BCUT2D eigenvalue weighted by Crippen LogP contribution is 2.38. The van der Waals surface area contributed by atoms with Gasteiger partial charge in [0.25, 0.3) is 5.69 Å². The third kappa shape index (κ3) is 3.13. The smallest absolute Gasteiger partial charge is 0.258 e. The summed E-state index contributed by atoms with van der Waals surface area (Å²) in [6, 6.07) is 5.83. The molecule has 0 radical (unpaired) electrons. The van der Waals surface area contributed by atoms with E-state index in [0.29, 0.717) is 12.1 Å². The molecule has 0 fully saturated rings. The molecule has 0 amide bonds. The number of aryl methyl sites for hydroxylation is 1. The van der Waals surface area contributed by atoms with Crippen LogP contribution in [0.2, 0.25) is 0 Å². The van der Waals surface area contributed by atoms with Crippen molar-refractivity contribution in [3.63, 3.8) is 0 Å². The summed E-state index contributed by atoms with van der Waals surface area (Å²) >= 11 is 0. The first-order valence-corrected chi connectivity index (χ1v) is 6.21. The molecule has 0 saturated carbocycles. The monoisotopic (exact) mass is 324 g/mol. The van der Waals surface area contributed by atoms with E-state index >= 15 is 0 Å². The molecule has 0 spiro atoms. The van der Waals surface area contributed by atoms with Crippen molar-refractivity contribution < 1.29 is 22.5 Å². The van der Waals surface area contributed by atoms with Crippen LogP contribution in [0.15, 0.2) is 30.3 Å². The van der Waals surface area contributed by atoms with Gasteiger partial charge in [-0.25, -0.2) is 4.39 Å². The van der Waals surface area contributed by atoms with Gasteiger partial charge in [0.15, 0.2) is 0 Å². The Labute approximate surface area is 127 Å². The molecule has 0 aliphatic heterocycles. The van der Waals surface area contributed by atoms with Crippen LogP contribution in [0.5, 0.6) is 0 Å². The van der Waals surface area contributed by atoms with Crippen molar-refractivity contribution in [1.29, 1.82) is 5.26 Å². The Morgan fingerprint density at radius 3 is 2.39 bits per heavy atom. The first kappa shape index (κ1) is 16.4. The largest absolute Gasteiger partial charge is 0.417 e. The number of nitro groups is 1. The minimum Gasteiger partial charge on any atom is -0.258 e. The van der Waals surface area contributed by atoms with Crippen molar-refractivity contribution in [2.24, 2.45) is 0 Å². The van der Waals surface area contributed by atoms with Crippen LogP contribution in [0.3, 0.4) is 0 Å². The van der Waals surface area contributed by atoms with Gasteiger partial charge in [0.05, 0.1) is 33.7 Å². The Morgan fingerprint density at radius 1 is 1.22 bits per heavy atom. The molecule has 0 heterocycles. The van der Waals surface area contributed by atoms with E-state index in [1.165, 1.54) is 19.1 Å². The molecule has 0 bridgehead atoms. The van der Waals surface area contributed by atoms with E-state index in [-0.39, 0.29) is 16.7 Å². The van der Waals surface area contributed by atoms with Crippen molar-refractivity contribution in [3.8, 4) is 17.2 Å². The number of nitrogens with zero attached hydrogens (tertiary/aromatic N) is 2. The van der Waals surface area contributed by atoms with Crippen molar-refractivity contribution >= 4 is 5.69 Å². The molecule has 0 atom stereocenters. The molecule has 2 rings (SSSR count). The fourth-order valence-corrected chi connectivity index (χ4v) is 2.28. The zero-order valence-electron chi connectivity index (χ0n) is 11.6. The summed E-state index contributed by atoms with van der Waals surface area (Å²) in [7, 11) is 0. The number of nitriles is 1. The molecule has 4 nitrogen and oxygen atoms in total. The number of nitro benzene ring substituents is 1. The lowest BCUT2D eigenvalue weighted by Crippen LogP contribution is -2.08. The van der Waals surface area contributed by atoms with Crippen molar-refractivity contribution in [1.82, 2.24) is 0 Å². The van der Waals surface area contributed by atoms with E-state index in [2.05, 4.69) is 0 Å². The summed E-state index contributed by atoms with van der Waals surface area (Å²) in [5.41, 5.74) is -2.54. The Bertz CT molecular complexity index is 839. The maximum absolute atomic E-state index is 13.3. The summed E-state index contributed by atoms with van der Waals surface area (Å²) in [6.07, 6.45) is -4.79. The number of hydrogen-bond donors (Lipinski definition) is 0. The summed E-state index contributed by atoms with van der Waals surface area (Å²) in [5.74, 6) is -0.859. The topological polar surface area (TPSA) is 66.9 Å². The molecule has 23 heavy (non-hydrogen) atoms. The van der Waals surface area contributed by atoms with Gasteiger partial charge in [-0.05, 0) is 36.2 Å². The van der Waals surface area contributed by atoms with Gasteiger partial charge in [-0.3, -0.25) is 10.1 Å². The molecular weight excluding hydrogens is 316 g/mol. The highest BCUT2D eigenvalue weighted by Gasteiger charge is 2.34. The lowest BCUT2D eigenvalue weighted by Gasteiger charge is -2.12. The molecule has 0 N–H and O–H groups in total. The van der Waals surface area contributed by atoms with Gasteiger partial charge in [-0.1, -0.05) is 6.07 Å². The zero-order chi connectivity index (χ0) is 17.4. The summed E-state index contributed by atoms with van der Waals surface area (Å²) < 4.78 is 52.4. The molecule has 0 unspecified atom stereocenters. The summed E-state index contributed by atoms with van der Waals surface area (Å²) in [5, 5.41) is 19.8. The van der Waals surface area contributed by atoms with Gasteiger partial charge < -0.3 is 0 Å². The van der Waals surface area contributed by atoms with Gasteiger partial charge in [0, 0.05) is 0 Å². The molecule has 118 valence electrons. The van der Waals surface area contributed by atoms with Crippen LogP contribution in [-0.2, 0) is 6.18 Å². The second-order valence-corrected chi connectivity index (χ2v) is 4.74. The van der Waals surface area contributed by atoms with Crippen molar-refractivity contribution in [2.45, 2.75) is 13.1 Å². The van der Waals surface area contributed by atoms with E-state index in [4.69, 9.17) is 5.26 Å². The second kappa shape index (κ2) is 5.68. The van der Waals surface area contributed by atoms with E-state index in [1.54, 1.807) is 0 Å². The van der Waals surface area contributed by atoms with Crippen molar-refractivity contribution in [2.75, 3.05) is 0 Å². The van der Waals surface area contributed by atoms with Crippen molar-refractivity contribution in [3.05, 3.63) is 63.0 Å². The Morgan fingerprint density at radius 2 is 1.87 bits per heavy atom. The van der Waals surface area contributed by atoms with E-state index in [0.717, 1.165) is 12.1 Å². The maximum Gasteiger partial charge on any atom is 0.417 e. The third-order valence-corrected chi connectivity index (χ3v) is 3.21. The number of alkyl halides is 3. The van der Waals surface area contributed by atoms with Crippen LogP contribution >= 0.6 is 0 Å². The fraction of sp³-hybridized carbons (Fsp3) is 0.133. The number of rotatable bonds is 2. The lowest BCUT2D eigenvalue weighted by molar-refractivity contribution is -0.384. The Hall–Kier alpha value is -2.95. The average Bonchev–Trinajstić information content (AvgIpc) is 2.44. The van der Waals surface area contributed by atoms with Crippen LogP contribution in [0, 0.1) is 34.2 Å². The molecule has 2 aromatic rings. The summed E-state index contributed by atoms with van der Waals surface area (Å²) in [6.45, 7) is 1.36. The van der Waals surface area contributed by atoms with Crippen LogP contribution in [0.4, 0.5) is 23.2 Å². The minimum atomic E-state index is -4.79. The first-order chi connectivity index (χ1) is 10.6. The van der Waals surface area contributed by atoms with Crippen LogP contribution in [0.1, 0.15) is 16.7 Å². The van der Waals surface area contributed by atoms with Gasteiger partial charge in [-0.15, -0.1) is 0 Å². The standard InChI is InChI=1S/C15H8F4N2O2/c1-8-4-11(16)6-13(21(22)23)14(8)9-2-3-10(7-20)12(5-9)15(17,18)19/h2-6H,1H3. The van der Waals surface area contributed by atoms with Gasteiger partial charge in [-0.2, -0.15) is 18.4 Å². The quantitative estimate of drug-likeness (QED) is 0.460. The van der Waals surface area contributed by atoms with Crippen LogP contribution < -0.4 is 0 Å². The van der Waals surface area contributed by atoms with Gasteiger partial charge in [0.2, 0.25) is 0 Å². The first-order valence-electron chi connectivity index (χ1n) is 6.21. The highest BCUT2D eigenvalue weighted by atomic mass is 19.4. The fourth-order valence-electron chi connectivity index (χ4n) is 2.28. The van der Waals surface area contributed by atoms with Crippen LogP contribution in [0.25, 0.3) is 11.1 Å². The normalized spacial score (nSPS) is 11.1. The minimum absolute atomic E-state index is 0.111. The molecule has 0 aliphatic carbocycles. The molecule has 0 aromatic heterocycles.